The van der Waals surface area contributed by atoms with Crippen molar-refractivity contribution in [3.63, 3.8) is 0 Å². The third kappa shape index (κ3) is 4.52. The molecule has 0 saturated heterocycles. The van der Waals surface area contributed by atoms with E-state index >= 15 is 0 Å². The van der Waals surface area contributed by atoms with Crippen LogP contribution in [-0.2, 0) is 12.7 Å². The van der Waals surface area contributed by atoms with E-state index in [9.17, 15) is 27.2 Å². The van der Waals surface area contributed by atoms with Gasteiger partial charge in [0.2, 0.25) is 0 Å². The minimum Gasteiger partial charge on any atom is -0.350 e. The van der Waals surface area contributed by atoms with E-state index in [-0.39, 0.29) is 36.1 Å². The van der Waals surface area contributed by atoms with Crippen molar-refractivity contribution in [2.45, 2.75) is 31.6 Å². The predicted octanol–water partition coefficient (Wildman–Crippen LogP) is 3.63. The Morgan fingerprint density at radius 3 is 2.48 bits per heavy atom. The lowest BCUT2D eigenvalue weighted by molar-refractivity contribution is -0.137. The summed E-state index contributed by atoms with van der Waals surface area (Å²) in [6.45, 7) is 0.108. The van der Waals surface area contributed by atoms with E-state index in [0.717, 1.165) is 41.8 Å². The first-order valence-electron chi connectivity index (χ1n) is 9.65. The van der Waals surface area contributed by atoms with Crippen molar-refractivity contribution in [1.29, 1.82) is 0 Å². The van der Waals surface area contributed by atoms with Gasteiger partial charge in [0.15, 0.2) is 5.82 Å². The number of rotatable bonds is 6. The number of halogens is 4. The lowest BCUT2D eigenvalue weighted by Gasteiger charge is -2.09. The van der Waals surface area contributed by atoms with Crippen LogP contribution in [0.25, 0.3) is 11.4 Å². The molecular weight excluding hydrogens is 416 g/mol. The van der Waals surface area contributed by atoms with Gasteiger partial charge in [-0.1, -0.05) is 12.1 Å². The lowest BCUT2D eigenvalue weighted by atomic mass is 10.1. The zero-order valence-corrected chi connectivity index (χ0v) is 16.2. The second-order valence-corrected chi connectivity index (χ2v) is 7.27. The number of amides is 1. The maximum Gasteiger partial charge on any atom is 0.416 e. The highest BCUT2D eigenvalue weighted by Crippen LogP contribution is 2.37. The molecule has 1 fully saturated rings. The van der Waals surface area contributed by atoms with Crippen molar-refractivity contribution in [1.82, 2.24) is 19.7 Å². The Hall–Kier alpha value is -3.43. The number of carbonyl (C=O) groups excluding carboxylic acids is 1. The Morgan fingerprint density at radius 2 is 1.84 bits per heavy atom. The fourth-order valence-electron chi connectivity index (χ4n) is 3.24. The van der Waals surface area contributed by atoms with Crippen LogP contribution < -0.4 is 11.0 Å². The highest BCUT2D eigenvalue weighted by Gasteiger charge is 2.33. The monoisotopic (exact) mass is 434 g/mol. The van der Waals surface area contributed by atoms with Gasteiger partial charge in [-0.3, -0.25) is 9.36 Å². The number of hydrogen-bond donors (Lipinski definition) is 1. The molecule has 2 aromatic carbocycles. The first kappa shape index (κ1) is 20.8. The second kappa shape index (κ2) is 8.01. The summed E-state index contributed by atoms with van der Waals surface area (Å²) in [5, 5.41) is 6.86. The molecule has 162 valence electrons. The van der Waals surface area contributed by atoms with Crippen molar-refractivity contribution in [3.05, 3.63) is 76.0 Å². The quantitative estimate of drug-likeness (QED) is 0.603. The number of benzene rings is 2. The summed E-state index contributed by atoms with van der Waals surface area (Å²) >= 11 is 0. The molecule has 0 bridgehead atoms. The van der Waals surface area contributed by atoms with Gasteiger partial charge in [-0.25, -0.2) is 13.9 Å². The van der Waals surface area contributed by atoms with Gasteiger partial charge in [-0.2, -0.15) is 13.2 Å². The third-order valence-electron chi connectivity index (χ3n) is 4.95. The molecule has 1 aliphatic carbocycles. The molecule has 3 aromatic rings. The van der Waals surface area contributed by atoms with E-state index in [4.69, 9.17) is 0 Å². The molecule has 1 heterocycles. The summed E-state index contributed by atoms with van der Waals surface area (Å²) in [4.78, 5) is 24.9. The van der Waals surface area contributed by atoms with Crippen LogP contribution in [0.5, 0.6) is 0 Å². The lowest BCUT2D eigenvalue weighted by Crippen LogP contribution is -2.32. The Kier molecular flexibility index (Phi) is 5.38. The van der Waals surface area contributed by atoms with Gasteiger partial charge in [0.1, 0.15) is 5.82 Å². The molecule has 0 radical (unpaired) electrons. The summed E-state index contributed by atoms with van der Waals surface area (Å²) in [6.07, 6.45) is -3.01. The standard InChI is InChI=1S/C21H18F4N4O2/c22-16-6-4-13(5-7-16)19(30)26-10-11-28-20(31)29(17-8-9-17)18(27-28)14-2-1-3-15(12-14)21(23,24)25/h1-7,12,17H,8-11H2,(H,26,30). The first-order chi connectivity index (χ1) is 14.7. The molecular formula is C21H18F4N4O2. The molecule has 0 spiro atoms. The van der Waals surface area contributed by atoms with Crippen molar-refractivity contribution in [2.24, 2.45) is 0 Å². The highest BCUT2D eigenvalue weighted by atomic mass is 19.4. The van der Waals surface area contributed by atoms with E-state index in [1.165, 1.54) is 28.8 Å². The second-order valence-electron chi connectivity index (χ2n) is 7.27. The largest absolute Gasteiger partial charge is 0.416 e. The van der Waals surface area contributed by atoms with Gasteiger partial charge in [-0.15, -0.1) is 5.10 Å². The summed E-state index contributed by atoms with van der Waals surface area (Å²) in [6, 6.07) is 9.61. The predicted molar refractivity (Wildman–Crippen MR) is 104 cm³/mol. The molecule has 6 nitrogen and oxygen atoms in total. The normalized spacial score (nSPS) is 13.9. The van der Waals surface area contributed by atoms with Crippen molar-refractivity contribution < 1.29 is 22.4 Å². The van der Waals surface area contributed by atoms with Crippen molar-refractivity contribution in [2.75, 3.05) is 6.54 Å². The van der Waals surface area contributed by atoms with E-state index < -0.39 is 29.2 Å². The topological polar surface area (TPSA) is 68.9 Å². The number of aromatic nitrogens is 3. The number of nitrogens with one attached hydrogen (secondary N) is 1. The summed E-state index contributed by atoms with van der Waals surface area (Å²) in [5.41, 5.74) is -0.790. The maximum atomic E-state index is 13.1. The summed E-state index contributed by atoms with van der Waals surface area (Å²) in [5.74, 6) is -0.730. The molecule has 1 aromatic heterocycles. The van der Waals surface area contributed by atoms with E-state index in [0.29, 0.717) is 0 Å². The Labute approximate surface area is 174 Å². The Bertz CT molecular complexity index is 1160. The van der Waals surface area contributed by atoms with Crippen LogP contribution in [0.4, 0.5) is 17.6 Å². The molecule has 10 heteroatoms. The van der Waals surface area contributed by atoms with E-state index in [2.05, 4.69) is 10.4 Å². The Morgan fingerprint density at radius 1 is 1.13 bits per heavy atom. The number of alkyl halides is 3. The van der Waals surface area contributed by atoms with Gasteiger partial charge in [0.05, 0.1) is 12.1 Å². The smallest absolute Gasteiger partial charge is 0.350 e. The van der Waals surface area contributed by atoms with E-state index in [1.54, 1.807) is 0 Å². The van der Waals surface area contributed by atoms with Crippen LogP contribution in [-0.4, -0.2) is 26.8 Å². The maximum absolute atomic E-state index is 13.1. The fraction of sp³-hybridized carbons (Fsp3) is 0.286. The zero-order chi connectivity index (χ0) is 22.2. The van der Waals surface area contributed by atoms with E-state index in [1.807, 2.05) is 0 Å². The first-order valence-corrected chi connectivity index (χ1v) is 9.65. The minimum atomic E-state index is -4.51. The third-order valence-corrected chi connectivity index (χ3v) is 4.95. The van der Waals surface area contributed by atoms with Gasteiger partial charge in [-0.05, 0) is 49.2 Å². The zero-order valence-electron chi connectivity index (χ0n) is 16.2. The molecule has 31 heavy (non-hydrogen) atoms. The van der Waals surface area contributed by atoms with Gasteiger partial charge in [0, 0.05) is 23.7 Å². The van der Waals surface area contributed by atoms with Gasteiger partial charge < -0.3 is 5.32 Å². The van der Waals surface area contributed by atoms with Crippen LogP contribution in [0.2, 0.25) is 0 Å². The number of hydrogen-bond acceptors (Lipinski definition) is 3. The van der Waals surface area contributed by atoms with Crippen LogP contribution in [0.3, 0.4) is 0 Å². The average molecular weight is 434 g/mol. The van der Waals surface area contributed by atoms with Crippen LogP contribution in [0, 0.1) is 5.82 Å². The number of carbonyl (C=O) groups is 1. The minimum absolute atomic E-state index is 0.0391. The highest BCUT2D eigenvalue weighted by molar-refractivity contribution is 5.94. The fourth-order valence-corrected chi connectivity index (χ4v) is 3.24. The van der Waals surface area contributed by atoms with Gasteiger partial charge >= 0.3 is 11.9 Å². The van der Waals surface area contributed by atoms with Crippen LogP contribution in [0.15, 0.2) is 53.3 Å². The molecule has 0 unspecified atom stereocenters. The summed E-state index contributed by atoms with van der Waals surface area (Å²) in [7, 11) is 0. The molecule has 0 aliphatic heterocycles. The van der Waals surface area contributed by atoms with Crippen LogP contribution >= 0.6 is 0 Å². The van der Waals surface area contributed by atoms with Crippen LogP contribution in [0.1, 0.15) is 34.8 Å². The number of nitrogens with zero attached hydrogens (tertiary/aromatic N) is 3. The summed E-state index contributed by atoms with van der Waals surface area (Å²) < 4.78 is 54.8. The molecule has 1 aliphatic rings. The molecule has 1 saturated carbocycles. The molecule has 1 amide bonds. The molecule has 1 N–H and O–H groups in total. The Balaban J connectivity index is 1.54. The molecule has 4 rings (SSSR count). The van der Waals surface area contributed by atoms with Gasteiger partial charge in [0.25, 0.3) is 5.91 Å². The molecule has 0 atom stereocenters. The SMILES string of the molecule is O=C(NCCn1nc(-c2cccc(C(F)(F)F)c2)n(C2CC2)c1=O)c1ccc(F)cc1. The average Bonchev–Trinajstić information content (AvgIpc) is 3.52. The van der Waals surface area contributed by atoms with Crippen molar-refractivity contribution >= 4 is 5.91 Å². The van der Waals surface area contributed by atoms with Crippen molar-refractivity contribution in [3.8, 4) is 11.4 Å².